The molecule has 7 rings (SSSR count). The molecule has 40 heavy (non-hydrogen) atoms. The monoisotopic (exact) mass is 534 g/mol. The molecule has 5 aromatic rings. The molecule has 2 atom stereocenters. The normalized spacial score (nSPS) is 19.5. The SMILES string of the molecule is COc1cc(C(CC2NCCc3c2[nH]c2cc(C)ccc32)CC2NCCc3c2[nH]c2cc(C)ccc32)ccc1O. The Labute approximate surface area is 235 Å². The lowest BCUT2D eigenvalue weighted by molar-refractivity contribution is 0.360. The second-order valence-electron chi connectivity index (χ2n) is 11.7. The predicted octanol–water partition coefficient (Wildman–Crippen LogP) is 6.62. The molecule has 0 bridgehead atoms. The lowest BCUT2D eigenvalue weighted by Crippen LogP contribution is -2.33. The van der Waals surface area contributed by atoms with Crippen LogP contribution in [0.1, 0.15) is 70.0 Å². The number of ether oxygens (including phenoxy) is 1. The highest BCUT2D eigenvalue weighted by molar-refractivity contribution is 5.86. The van der Waals surface area contributed by atoms with Gasteiger partial charge >= 0.3 is 0 Å². The first-order chi connectivity index (χ1) is 19.5. The van der Waals surface area contributed by atoms with E-state index in [4.69, 9.17) is 4.74 Å². The molecule has 0 fully saturated rings. The lowest BCUT2D eigenvalue weighted by atomic mass is 9.82. The van der Waals surface area contributed by atoms with E-state index in [9.17, 15) is 5.11 Å². The number of hydrogen-bond acceptors (Lipinski definition) is 4. The molecule has 0 saturated heterocycles. The largest absolute Gasteiger partial charge is 0.504 e. The third kappa shape index (κ3) is 4.36. The van der Waals surface area contributed by atoms with Crippen LogP contribution in [-0.2, 0) is 12.8 Å². The first-order valence-corrected chi connectivity index (χ1v) is 14.5. The summed E-state index contributed by atoms with van der Waals surface area (Å²) in [5.74, 6) is 0.945. The Hall–Kier alpha value is -3.74. The highest BCUT2D eigenvalue weighted by Gasteiger charge is 2.31. The van der Waals surface area contributed by atoms with E-state index in [0.29, 0.717) is 5.75 Å². The van der Waals surface area contributed by atoms with Crippen molar-refractivity contribution >= 4 is 21.8 Å². The number of aromatic nitrogens is 2. The zero-order valence-electron chi connectivity index (χ0n) is 23.5. The minimum absolute atomic E-state index is 0.179. The number of aromatic amines is 2. The maximum Gasteiger partial charge on any atom is 0.160 e. The average molecular weight is 535 g/mol. The molecular weight excluding hydrogens is 496 g/mol. The number of H-pyrrole nitrogens is 2. The van der Waals surface area contributed by atoms with Gasteiger partial charge < -0.3 is 30.4 Å². The van der Waals surface area contributed by atoms with E-state index in [-0.39, 0.29) is 23.8 Å². The molecule has 3 aromatic carbocycles. The van der Waals surface area contributed by atoms with Crippen molar-refractivity contribution in [1.82, 2.24) is 20.6 Å². The third-order valence-corrected chi connectivity index (χ3v) is 9.13. The summed E-state index contributed by atoms with van der Waals surface area (Å²) in [6.45, 7) is 6.24. The Balaban J connectivity index is 1.27. The van der Waals surface area contributed by atoms with E-state index in [1.807, 2.05) is 6.07 Å². The highest BCUT2D eigenvalue weighted by atomic mass is 16.5. The number of phenols is 1. The Morgan fingerprint density at radius 3 is 1.85 bits per heavy atom. The summed E-state index contributed by atoms with van der Waals surface area (Å²) in [6.07, 6.45) is 3.96. The molecule has 6 nitrogen and oxygen atoms in total. The molecule has 2 aliphatic heterocycles. The number of methoxy groups -OCH3 is 1. The van der Waals surface area contributed by atoms with E-state index >= 15 is 0 Å². The molecular formula is C34H38N4O2. The molecule has 0 amide bonds. The van der Waals surface area contributed by atoms with Crippen molar-refractivity contribution in [2.45, 2.75) is 57.5 Å². The summed E-state index contributed by atoms with van der Waals surface area (Å²) in [5, 5.41) is 20.7. The minimum Gasteiger partial charge on any atom is -0.504 e. The number of fused-ring (bicyclic) bond motifs is 6. The van der Waals surface area contributed by atoms with Gasteiger partial charge in [0.2, 0.25) is 0 Å². The van der Waals surface area contributed by atoms with Crippen molar-refractivity contribution in [3.63, 3.8) is 0 Å². The summed E-state index contributed by atoms with van der Waals surface area (Å²) < 4.78 is 5.54. The number of rotatable bonds is 6. The minimum atomic E-state index is 0.179. The molecule has 2 unspecified atom stereocenters. The molecule has 0 aliphatic carbocycles. The summed E-state index contributed by atoms with van der Waals surface area (Å²) >= 11 is 0. The number of hydrogen-bond donors (Lipinski definition) is 5. The zero-order chi connectivity index (χ0) is 27.4. The van der Waals surface area contributed by atoms with E-state index < -0.39 is 0 Å². The molecule has 4 heterocycles. The molecule has 0 spiro atoms. The van der Waals surface area contributed by atoms with Crippen LogP contribution in [0.25, 0.3) is 21.8 Å². The third-order valence-electron chi connectivity index (χ3n) is 9.13. The van der Waals surface area contributed by atoms with Gasteiger partial charge in [-0.15, -0.1) is 0 Å². The fourth-order valence-electron chi connectivity index (χ4n) is 7.15. The second kappa shape index (κ2) is 10.0. The smallest absolute Gasteiger partial charge is 0.160 e. The van der Waals surface area contributed by atoms with Gasteiger partial charge in [-0.3, -0.25) is 0 Å². The van der Waals surface area contributed by atoms with Gasteiger partial charge in [-0.05, 0) is 111 Å². The van der Waals surface area contributed by atoms with E-state index in [1.54, 1.807) is 13.2 Å². The lowest BCUT2D eigenvalue weighted by Gasteiger charge is -2.32. The Morgan fingerprint density at radius 1 is 0.775 bits per heavy atom. The van der Waals surface area contributed by atoms with Crippen LogP contribution in [0.5, 0.6) is 11.5 Å². The summed E-state index contributed by atoms with van der Waals surface area (Å²) in [6, 6.07) is 19.8. The van der Waals surface area contributed by atoms with E-state index in [1.165, 1.54) is 61.0 Å². The van der Waals surface area contributed by atoms with Crippen molar-refractivity contribution < 1.29 is 9.84 Å². The zero-order valence-corrected chi connectivity index (χ0v) is 23.5. The molecule has 0 saturated carbocycles. The average Bonchev–Trinajstić information content (AvgIpc) is 3.51. The topological polar surface area (TPSA) is 85.1 Å². The number of phenolic OH excluding ortho intramolecular Hbond substituents is 1. The quantitative estimate of drug-likeness (QED) is 0.170. The highest BCUT2D eigenvalue weighted by Crippen LogP contribution is 2.42. The fraction of sp³-hybridized carbons (Fsp3) is 0.353. The first kappa shape index (κ1) is 25.2. The molecule has 2 aromatic heterocycles. The summed E-state index contributed by atoms with van der Waals surface area (Å²) in [4.78, 5) is 7.58. The van der Waals surface area contributed by atoms with Crippen LogP contribution >= 0.6 is 0 Å². The van der Waals surface area contributed by atoms with Crippen LogP contribution in [0.15, 0.2) is 54.6 Å². The fourth-order valence-corrected chi connectivity index (χ4v) is 7.15. The Kier molecular flexibility index (Phi) is 6.32. The van der Waals surface area contributed by atoms with Crippen LogP contribution in [0.4, 0.5) is 0 Å². The first-order valence-electron chi connectivity index (χ1n) is 14.5. The molecule has 6 heteroatoms. The van der Waals surface area contributed by atoms with Crippen LogP contribution in [0, 0.1) is 13.8 Å². The number of nitrogens with one attached hydrogen (secondary N) is 4. The summed E-state index contributed by atoms with van der Waals surface area (Å²) in [7, 11) is 1.62. The van der Waals surface area contributed by atoms with Crippen LogP contribution < -0.4 is 15.4 Å². The molecule has 2 aliphatic rings. The van der Waals surface area contributed by atoms with Gasteiger partial charge in [-0.1, -0.05) is 30.3 Å². The standard InChI is InChI=1S/C34H38N4O2/c1-19-4-7-23-25-10-12-35-29(33(25)37-27(23)14-19)16-22(21-6-9-31(39)32(18-21)40-3)17-30-34-26(11-13-36-30)24-8-5-20(2)15-28(24)38-34/h4-9,14-15,18,22,29-30,35-39H,10-13,16-17H2,1-3H3. The number of aryl methyl sites for hydroxylation is 2. The van der Waals surface area contributed by atoms with Crippen molar-refractivity contribution in [3.8, 4) is 11.5 Å². The van der Waals surface area contributed by atoms with Crippen LogP contribution in [0.3, 0.4) is 0 Å². The van der Waals surface area contributed by atoms with Gasteiger partial charge in [0.1, 0.15) is 0 Å². The molecule has 0 radical (unpaired) electrons. The molecule has 5 N–H and O–H groups in total. The van der Waals surface area contributed by atoms with Gasteiger partial charge in [0, 0.05) is 45.3 Å². The van der Waals surface area contributed by atoms with Gasteiger partial charge in [0.05, 0.1) is 7.11 Å². The van der Waals surface area contributed by atoms with Crippen molar-refractivity contribution in [3.05, 3.63) is 93.8 Å². The number of benzene rings is 3. The maximum absolute atomic E-state index is 10.4. The Morgan fingerprint density at radius 2 is 1.32 bits per heavy atom. The van der Waals surface area contributed by atoms with Gasteiger partial charge in [-0.25, -0.2) is 0 Å². The molecule has 206 valence electrons. The van der Waals surface area contributed by atoms with E-state index in [0.717, 1.165) is 38.8 Å². The Bertz CT molecular complexity index is 1610. The van der Waals surface area contributed by atoms with Crippen molar-refractivity contribution in [1.29, 1.82) is 0 Å². The summed E-state index contributed by atoms with van der Waals surface area (Å²) in [5.41, 5.74) is 11.7. The maximum atomic E-state index is 10.4. The van der Waals surface area contributed by atoms with Crippen molar-refractivity contribution in [2.24, 2.45) is 0 Å². The predicted molar refractivity (Wildman–Crippen MR) is 162 cm³/mol. The van der Waals surface area contributed by atoms with Crippen LogP contribution in [-0.4, -0.2) is 35.3 Å². The van der Waals surface area contributed by atoms with Crippen molar-refractivity contribution in [2.75, 3.05) is 20.2 Å². The number of aromatic hydroxyl groups is 1. The van der Waals surface area contributed by atoms with Gasteiger partial charge in [0.25, 0.3) is 0 Å². The van der Waals surface area contributed by atoms with E-state index in [2.05, 4.69) is 76.9 Å². The van der Waals surface area contributed by atoms with Gasteiger partial charge in [0.15, 0.2) is 11.5 Å². The van der Waals surface area contributed by atoms with Crippen LogP contribution in [0.2, 0.25) is 0 Å². The van der Waals surface area contributed by atoms with Gasteiger partial charge in [-0.2, -0.15) is 0 Å². The second-order valence-corrected chi connectivity index (χ2v) is 11.7.